The van der Waals surface area contributed by atoms with E-state index >= 15 is 0 Å². The summed E-state index contributed by atoms with van der Waals surface area (Å²) in [4.78, 5) is 44.4. The van der Waals surface area contributed by atoms with Gasteiger partial charge in [-0.05, 0) is 67.6 Å². The molecule has 0 aliphatic rings. The summed E-state index contributed by atoms with van der Waals surface area (Å²) < 4.78 is 0. The number of hydrogen-bond acceptors (Lipinski definition) is 9. The maximum Gasteiger partial charge on any atom is 0.272 e. The first-order chi connectivity index (χ1) is 23.0. The molecule has 6 aromatic rings. The molecule has 8 nitrogen and oxygen atoms in total. The highest BCUT2D eigenvalue weighted by Crippen LogP contribution is 2.26. The first-order valence-electron chi connectivity index (χ1n) is 15.2. The number of aromatic nitrogens is 2. The van der Waals surface area contributed by atoms with Gasteiger partial charge in [-0.1, -0.05) is 66.7 Å². The van der Waals surface area contributed by atoms with Crippen molar-refractivity contribution in [3.8, 4) is 0 Å². The van der Waals surface area contributed by atoms with E-state index in [1.54, 1.807) is 30.5 Å². The number of rotatable bonds is 9. The normalized spacial score (nSPS) is 10.4. The summed E-state index contributed by atoms with van der Waals surface area (Å²) in [5.74, 6) is -0.127. The molecule has 49 heavy (non-hydrogen) atoms. The number of nitro groups is 1. The van der Waals surface area contributed by atoms with Gasteiger partial charge in [-0.25, -0.2) is 9.97 Å². The predicted molar refractivity (Wildman–Crippen MR) is 203 cm³/mol. The molecule has 6 rings (SSSR count). The molecule has 250 valence electrons. The topological polar surface area (TPSA) is 129 Å². The van der Waals surface area contributed by atoms with Crippen LogP contribution in [0.25, 0.3) is 0 Å². The molecule has 0 atom stereocenters. The lowest BCUT2D eigenvalue weighted by molar-refractivity contribution is -0.385. The maximum absolute atomic E-state index is 12.4. The molecular weight excluding hydrogens is 720 g/mol. The first kappa shape index (κ1) is 37.0. The Hall–Kier alpha value is -4.84. The molecule has 0 bridgehead atoms. The third kappa shape index (κ3) is 9.20. The van der Waals surface area contributed by atoms with Gasteiger partial charge < -0.3 is 5.73 Å². The Morgan fingerprint density at radius 1 is 0.673 bits per heavy atom. The van der Waals surface area contributed by atoms with Crippen LogP contribution in [0.15, 0.2) is 95.7 Å². The molecule has 0 fully saturated rings. The fraction of sp³-hybridized carbons (Fsp3) is 0.158. The van der Waals surface area contributed by atoms with Gasteiger partial charge in [0.2, 0.25) is 11.6 Å². The average Bonchev–Trinajstić information content (AvgIpc) is 3.75. The van der Waals surface area contributed by atoms with E-state index in [9.17, 15) is 19.7 Å². The number of carbonyl (C=O) groups excluding carboxylic acids is 2. The number of anilines is 1. The summed E-state index contributed by atoms with van der Waals surface area (Å²) in [6, 6.07) is 25.8. The number of thiazole rings is 2. The van der Waals surface area contributed by atoms with Crippen LogP contribution in [-0.4, -0.2) is 26.5 Å². The number of nitrogen functional groups attached to an aromatic ring is 1. The highest BCUT2D eigenvalue weighted by Gasteiger charge is 2.17. The van der Waals surface area contributed by atoms with Gasteiger partial charge >= 0.3 is 0 Å². The Morgan fingerprint density at radius 2 is 1.10 bits per heavy atom. The van der Waals surface area contributed by atoms with Gasteiger partial charge in [0.1, 0.15) is 11.4 Å². The van der Waals surface area contributed by atoms with Gasteiger partial charge in [0.25, 0.3) is 5.69 Å². The van der Waals surface area contributed by atoms with Crippen LogP contribution < -0.4 is 5.73 Å². The maximum atomic E-state index is 12.4. The lowest BCUT2D eigenvalue weighted by atomic mass is 10.0. The first-order valence-corrected chi connectivity index (χ1v) is 16.9. The van der Waals surface area contributed by atoms with Crippen molar-refractivity contribution in [2.45, 2.75) is 40.5 Å². The zero-order chi connectivity index (χ0) is 34.4. The zero-order valence-corrected chi connectivity index (χ0v) is 30.8. The van der Waals surface area contributed by atoms with E-state index in [0.29, 0.717) is 34.5 Å². The Bertz CT molecular complexity index is 2110. The molecule has 2 heterocycles. The smallest absolute Gasteiger partial charge is 0.272 e. The molecule has 0 spiro atoms. The van der Waals surface area contributed by atoms with Crippen LogP contribution in [0.4, 0.5) is 11.4 Å². The molecule has 11 heteroatoms. The second-order valence-electron chi connectivity index (χ2n) is 11.5. The quantitative estimate of drug-likeness (QED) is 0.0674. The van der Waals surface area contributed by atoms with Gasteiger partial charge in [0, 0.05) is 52.0 Å². The molecule has 2 N–H and O–H groups in total. The van der Waals surface area contributed by atoms with Crippen molar-refractivity contribution in [3.05, 3.63) is 172 Å². The number of ketones is 2. The molecule has 2 aromatic heterocycles. The van der Waals surface area contributed by atoms with Crippen molar-refractivity contribution >= 4 is 62.6 Å². The van der Waals surface area contributed by atoms with Crippen molar-refractivity contribution in [1.82, 2.24) is 9.97 Å². The predicted octanol–water partition coefficient (Wildman–Crippen LogP) is 9.23. The highest BCUT2D eigenvalue weighted by atomic mass is 79.9. The lowest BCUT2D eigenvalue weighted by Gasteiger charge is -2.08. The Balaban J connectivity index is 0.000000217. The summed E-state index contributed by atoms with van der Waals surface area (Å²) in [5, 5.41) is 16.4. The zero-order valence-electron chi connectivity index (χ0n) is 27.4. The number of halogens is 1. The molecule has 0 radical (unpaired) electrons. The second kappa shape index (κ2) is 16.5. The van der Waals surface area contributed by atoms with Crippen LogP contribution >= 0.6 is 39.7 Å². The molecule has 0 aliphatic carbocycles. The van der Waals surface area contributed by atoms with Gasteiger partial charge in [0.05, 0.1) is 14.9 Å². The largest absolute Gasteiger partial charge is 0.399 e. The van der Waals surface area contributed by atoms with Gasteiger partial charge in [-0.15, -0.1) is 39.7 Å². The van der Waals surface area contributed by atoms with E-state index in [0.717, 1.165) is 44.4 Å². The summed E-state index contributed by atoms with van der Waals surface area (Å²) in [6.07, 6.45) is 1.27. The van der Waals surface area contributed by atoms with E-state index in [1.165, 1.54) is 28.2 Å². The van der Waals surface area contributed by atoms with E-state index in [4.69, 9.17) is 5.73 Å². The lowest BCUT2D eigenvalue weighted by Crippen LogP contribution is -2.02. The molecule has 0 unspecified atom stereocenters. The van der Waals surface area contributed by atoms with Crippen molar-refractivity contribution in [1.29, 1.82) is 0 Å². The van der Waals surface area contributed by atoms with Crippen molar-refractivity contribution in [2.75, 3.05) is 5.73 Å². The molecule has 0 saturated carbocycles. The number of nitrogens with zero attached hydrogens (tertiary/aromatic N) is 3. The van der Waals surface area contributed by atoms with Crippen LogP contribution in [0, 0.1) is 37.8 Å². The van der Waals surface area contributed by atoms with E-state index in [1.807, 2.05) is 79.9 Å². The van der Waals surface area contributed by atoms with Gasteiger partial charge in [0.15, 0.2) is 0 Å². The minimum absolute atomic E-state index is 0. The third-order valence-electron chi connectivity index (χ3n) is 7.90. The SMILES string of the molecule is Br.Cc1cc(Cc2nc(C(=O)c3ccccc3)cs2)c(C)cc1N.Cc1cc([N+](=O)[O-])c(C)cc1Cc1nc(C(=O)c2ccccc2)cs1. The molecule has 0 amide bonds. The Labute approximate surface area is 303 Å². The molecular formula is C38H35BrN4O4S2. The number of nitro benzene ring substituents is 1. The minimum atomic E-state index is -0.369. The standard InChI is InChI=1S/C19H16N2O3S.C19H18N2OS.BrH/c1-12-9-17(21(23)24)13(2)8-15(12)10-18-20-16(11-25-18)19(22)14-6-4-3-5-7-14;1-12-9-16(20)13(2)8-15(12)10-18-21-17(11-23-18)19(22)14-6-4-3-5-7-14;/h3-9,11H,10H2,1-2H3;3-9,11H,10,20H2,1-2H3;1H. The van der Waals surface area contributed by atoms with Crippen molar-refractivity contribution in [3.63, 3.8) is 0 Å². The van der Waals surface area contributed by atoms with E-state index in [2.05, 4.69) is 23.0 Å². The van der Waals surface area contributed by atoms with Crippen molar-refractivity contribution in [2.24, 2.45) is 0 Å². The number of aryl methyl sites for hydroxylation is 4. The summed E-state index contributed by atoms with van der Waals surface area (Å²) >= 11 is 2.95. The fourth-order valence-electron chi connectivity index (χ4n) is 5.13. The van der Waals surface area contributed by atoms with Crippen molar-refractivity contribution < 1.29 is 14.5 Å². The number of hydrogen-bond donors (Lipinski definition) is 1. The summed E-state index contributed by atoms with van der Waals surface area (Å²) in [6.45, 7) is 7.64. The second-order valence-corrected chi connectivity index (χ2v) is 13.3. The third-order valence-corrected chi connectivity index (χ3v) is 9.60. The van der Waals surface area contributed by atoms with Crippen LogP contribution in [-0.2, 0) is 12.8 Å². The monoisotopic (exact) mass is 754 g/mol. The van der Waals surface area contributed by atoms with Crippen LogP contribution in [0.5, 0.6) is 0 Å². The summed E-state index contributed by atoms with van der Waals surface area (Å²) in [7, 11) is 0. The Kier molecular flexibility index (Phi) is 12.5. The van der Waals surface area contributed by atoms with Crippen LogP contribution in [0.1, 0.15) is 75.5 Å². The van der Waals surface area contributed by atoms with E-state index < -0.39 is 0 Å². The van der Waals surface area contributed by atoms with Crippen LogP contribution in [0.3, 0.4) is 0 Å². The number of carbonyl (C=O) groups is 2. The number of nitrogens with two attached hydrogens (primary N) is 1. The minimum Gasteiger partial charge on any atom is -0.399 e. The van der Waals surface area contributed by atoms with Gasteiger partial charge in [-0.3, -0.25) is 19.7 Å². The van der Waals surface area contributed by atoms with Crippen LogP contribution in [0.2, 0.25) is 0 Å². The number of benzene rings is 4. The van der Waals surface area contributed by atoms with Gasteiger partial charge in [-0.2, -0.15) is 0 Å². The van der Waals surface area contributed by atoms with E-state index in [-0.39, 0.29) is 39.2 Å². The molecule has 0 aliphatic heterocycles. The molecule has 0 saturated heterocycles. The fourth-order valence-corrected chi connectivity index (χ4v) is 6.72. The Morgan fingerprint density at radius 3 is 1.55 bits per heavy atom. The molecule has 4 aromatic carbocycles. The average molecular weight is 756 g/mol. The highest BCUT2D eigenvalue weighted by molar-refractivity contribution is 8.93. The summed E-state index contributed by atoms with van der Waals surface area (Å²) in [5.41, 5.74) is 15.0.